The van der Waals surface area contributed by atoms with E-state index in [9.17, 15) is 9.59 Å². The van der Waals surface area contributed by atoms with E-state index in [0.29, 0.717) is 14.5 Å². The molecule has 2 aromatic heterocycles. The molecule has 4 rings (SSSR count). The Kier molecular flexibility index (Phi) is 5.84. The van der Waals surface area contributed by atoms with Gasteiger partial charge in [-0.3, -0.25) is 14.9 Å². The number of para-hydroxylation sites is 1. The lowest BCUT2D eigenvalue weighted by atomic mass is 10.2. The maximum absolute atomic E-state index is 12.4. The molecular weight excluding hydrogens is 426 g/mol. The van der Waals surface area contributed by atoms with Crippen LogP contribution in [-0.4, -0.2) is 32.7 Å². The first-order valence-corrected chi connectivity index (χ1v) is 11.2. The molecule has 0 bridgehead atoms. The highest BCUT2D eigenvalue weighted by atomic mass is 32.2. The van der Waals surface area contributed by atoms with Crippen LogP contribution in [0.25, 0.3) is 10.2 Å². The SMILES string of the molecule is Cc1ccc(NC(=O)CSc2nnc(NC(=O)c3nc4ccccc4s3)s2)cc1. The van der Waals surface area contributed by atoms with E-state index in [1.165, 1.54) is 34.4 Å². The normalized spacial score (nSPS) is 10.8. The van der Waals surface area contributed by atoms with Gasteiger partial charge in [-0.05, 0) is 31.2 Å². The number of thioether (sulfide) groups is 1. The number of thiazole rings is 1. The quantitative estimate of drug-likeness (QED) is 0.339. The molecule has 4 aromatic rings. The van der Waals surface area contributed by atoms with Gasteiger partial charge in [-0.25, -0.2) is 4.98 Å². The minimum Gasteiger partial charge on any atom is -0.325 e. The van der Waals surface area contributed by atoms with Crippen molar-refractivity contribution in [3.8, 4) is 0 Å². The zero-order chi connectivity index (χ0) is 20.2. The lowest BCUT2D eigenvalue weighted by Gasteiger charge is -2.04. The minimum absolute atomic E-state index is 0.130. The molecule has 10 heteroatoms. The van der Waals surface area contributed by atoms with Crippen molar-refractivity contribution in [2.45, 2.75) is 11.3 Å². The second kappa shape index (κ2) is 8.68. The summed E-state index contributed by atoms with van der Waals surface area (Å²) < 4.78 is 1.55. The Labute approximate surface area is 178 Å². The van der Waals surface area contributed by atoms with Crippen LogP contribution in [0.5, 0.6) is 0 Å². The number of carbonyl (C=O) groups excluding carboxylic acids is 2. The number of rotatable bonds is 6. The molecule has 0 unspecified atom stereocenters. The Morgan fingerprint density at radius 2 is 1.79 bits per heavy atom. The molecule has 29 heavy (non-hydrogen) atoms. The van der Waals surface area contributed by atoms with Crippen LogP contribution in [0, 0.1) is 6.92 Å². The van der Waals surface area contributed by atoms with E-state index in [1.54, 1.807) is 0 Å². The topological polar surface area (TPSA) is 96.9 Å². The number of hydrogen-bond acceptors (Lipinski definition) is 8. The van der Waals surface area contributed by atoms with Crippen molar-refractivity contribution in [3.63, 3.8) is 0 Å². The fraction of sp³-hybridized carbons (Fsp3) is 0.105. The Hall–Kier alpha value is -2.82. The lowest BCUT2D eigenvalue weighted by molar-refractivity contribution is -0.113. The molecule has 0 saturated heterocycles. The monoisotopic (exact) mass is 441 g/mol. The van der Waals surface area contributed by atoms with Crippen molar-refractivity contribution in [1.82, 2.24) is 15.2 Å². The van der Waals surface area contributed by atoms with Crippen LogP contribution in [0.2, 0.25) is 0 Å². The van der Waals surface area contributed by atoms with Crippen molar-refractivity contribution in [2.24, 2.45) is 0 Å². The highest BCUT2D eigenvalue weighted by Gasteiger charge is 2.15. The van der Waals surface area contributed by atoms with Crippen LogP contribution in [-0.2, 0) is 4.79 Å². The zero-order valence-electron chi connectivity index (χ0n) is 15.2. The molecule has 0 saturated carbocycles. The first-order chi connectivity index (χ1) is 14.1. The maximum Gasteiger partial charge on any atom is 0.286 e. The van der Waals surface area contributed by atoms with Crippen LogP contribution in [0.1, 0.15) is 15.4 Å². The average molecular weight is 442 g/mol. The van der Waals surface area contributed by atoms with Crippen molar-refractivity contribution in [1.29, 1.82) is 0 Å². The molecule has 0 radical (unpaired) electrons. The number of nitrogens with one attached hydrogen (secondary N) is 2. The first kappa shape index (κ1) is 19.5. The van der Waals surface area contributed by atoms with Crippen LogP contribution in [0.3, 0.4) is 0 Å². The van der Waals surface area contributed by atoms with Gasteiger partial charge in [-0.1, -0.05) is 52.9 Å². The molecule has 146 valence electrons. The van der Waals surface area contributed by atoms with Gasteiger partial charge in [-0.15, -0.1) is 21.5 Å². The molecular formula is C19H15N5O2S3. The summed E-state index contributed by atoms with van der Waals surface area (Å²) in [7, 11) is 0. The van der Waals surface area contributed by atoms with Crippen molar-refractivity contribution >= 4 is 67.3 Å². The van der Waals surface area contributed by atoms with Gasteiger partial charge in [0.05, 0.1) is 16.0 Å². The summed E-state index contributed by atoms with van der Waals surface area (Å²) in [5.41, 5.74) is 2.67. The predicted octanol–water partition coefficient (Wildman–Crippen LogP) is 4.44. The van der Waals surface area contributed by atoms with Crippen LogP contribution in [0.4, 0.5) is 10.8 Å². The van der Waals surface area contributed by atoms with Gasteiger partial charge in [0.15, 0.2) is 9.35 Å². The number of aryl methyl sites for hydroxylation is 1. The number of carbonyl (C=O) groups is 2. The molecule has 0 aliphatic heterocycles. The minimum atomic E-state index is -0.323. The molecule has 2 N–H and O–H groups in total. The third-order valence-corrected chi connectivity index (χ3v) is 6.78. The van der Waals surface area contributed by atoms with Crippen molar-refractivity contribution in [2.75, 3.05) is 16.4 Å². The predicted molar refractivity (Wildman–Crippen MR) is 118 cm³/mol. The summed E-state index contributed by atoms with van der Waals surface area (Å²) in [6.45, 7) is 1.99. The van der Waals surface area contributed by atoms with E-state index in [1.807, 2.05) is 55.5 Å². The van der Waals surface area contributed by atoms with Gasteiger partial charge >= 0.3 is 0 Å². The van der Waals surface area contributed by atoms with E-state index in [-0.39, 0.29) is 17.6 Å². The Morgan fingerprint density at radius 1 is 1.00 bits per heavy atom. The summed E-state index contributed by atoms with van der Waals surface area (Å²) in [4.78, 5) is 28.8. The smallest absolute Gasteiger partial charge is 0.286 e. The zero-order valence-corrected chi connectivity index (χ0v) is 17.7. The number of anilines is 2. The van der Waals surface area contributed by atoms with E-state index in [4.69, 9.17) is 0 Å². The highest BCUT2D eigenvalue weighted by molar-refractivity contribution is 8.01. The number of aromatic nitrogens is 3. The van der Waals surface area contributed by atoms with Crippen molar-refractivity contribution < 1.29 is 9.59 Å². The van der Waals surface area contributed by atoms with Gasteiger partial charge in [-0.2, -0.15) is 0 Å². The standard InChI is InChI=1S/C19H15N5O2S3/c1-11-6-8-12(9-7-11)20-15(25)10-27-19-24-23-18(29-19)22-16(26)17-21-13-4-2-3-5-14(13)28-17/h2-9H,10H2,1H3,(H,20,25)(H,22,23,26). The van der Waals surface area contributed by atoms with Crippen molar-refractivity contribution in [3.05, 3.63) is 59.1 Å². The van der Waals surface area contributed by atoms with Crippen LogP contribution >= 0.6 is 34.4 Å². The number of benzene rings is 2. The molecule has 2 aromatic carbocycles. The Morgan fingerprint density at radius 3 is 2.59 bits per heavy atom. The Bertz CT molecular complexity index is 1140. The number of nitrogens with zero attached hydrogens (tertiary/aromatic N) is 3. The fourth-order valence-electron chi connectivity index (χ4n) is 2.40. The van der Waals surface area contributed by atoms with E-state index in [0.717, 1.165) is 21.5 Å². The summed E-state index contributed by atoms with van der Waals surface area (Å²) >= 11 is 3.81. The third kappa shape index (κ3) is 4.97. The van der Waals surface area contributed by atoms with Gasteiger partial charge in [0, 0.05) is 5.69 Å². The summed E-state index contributed by atoms with van der Waals surface area (Å²) in [6, 6.07) is 15.2. The number of hydrogen-bond donors (Lipinski definition) is 2. The molecule has 2 amide bonds. The first-order valence-electron chi connectivity index (χ1n) is 8.56. The molecule has 0 fully saturated rings. The molecule has 0 spiro atoms. The molecule has 2 heterocycles. The van der Waals surface area contributed by atoms with Gasteiger partial charge < -0.3 is 5.32 Å². The average Bonchev–Trinajstić information content (AvgIpc) is 3.35. The van der Waals surface area contributed by atoms with E-state index in [2.05, 4.69) is 25.8 Å². The van der Waals surface area contributed by atoms with Crippen LogP contribution < -0.4 is 10.6 Å². The summed E-state index contributed by atoms with van der Waals surface area (Å²) in [6.07, 6.45) is 0. The largest absolute Gasteiger partial charge is 0.325 e. The summed E-state index contributed by atoms with van der Waals surface area (Å²) in [5, 5.41) is 14.3. The molecule has 0 aliphatic carbocycles. The van der Waals surface area contributed by atoms with Gasteiger partial charge in [0.1, 0.15) is 0 Å². The summed E-state index contributed by atoms with van der Waals surface area (Å²) in [5.74, 6) is -0.251. The Balaban J connectivity index is 1.31. The number of fused-ring (bicyclic) bond motifs is 1. The van der Waals surface area contributed by atoms with Gasteiger partial charge in [0.25, 0.3) is 5.91 Å². The molecule has 0 atom stereocenters. The molecule has 7 nitrogen and oxygen atoms in total. The van der Waals surface area contributed by atoms with Crippen LogP contribution in [0.15, 0.2) is 52.9 Å². The third-order valence-electron chi connectivity index (χ3n) is 3.78. The molecule has 0 aliphatic rings. The fourth-order valence-corrected chi connectivity index (χ4v) is 4.81. The second-order valence-electron chi connectivity index (χ2n) is 6.02. The maximum atomic E-state index is 12.4. The van der Waals surface area contributed by atoms with E-state index >= 15 is 0 Å². The number of amides is 2. The van der Waals surface area contributed by atoms with E-state index < -0.39 is 0 Å². The van der Waals surface area contributed by atoms with Gasteiger partial charge in [0.2, 0.25) is 11.0 Å². The second-order valence-corrected chi connectivity index (χ2v) is 9.25. The highest BCUT2D eigenvalue weighted by Crippen LogP contribution is 2.27. The lowest BCUT2D eigenvalue weighted by Crippen LogP contribution is -2.13.